The highest BCUT2D eigenvalue weighted by molar-refractivity contribution is 6.30. The molecule has 57 heavy (non-hydrogen) atoms. The van der Waals surface area contributed by atoms with Crippen LogP contribution in [0.1, 0.15) is 231 Å². The lowest BCUT2D eigenvalue weighted by atomic mass is 9.82. The average molecular weight is 791 g/mol. The predicted octanol–water partition coefficient (Wildman–Crippen LogP) is 14.4. The Balaban J connectivity index is 1.57. The Kier molecular flexibility index (Phi) is 24.3. The number of quaternary nitrogens is 1. The van der Waals surface area contributed by atoms with Crippen molar-refractivity contribution in [3.8, 4) is 17.2 Å². The fourth-order valence-corrected chi connectivity index (χ4v) is 8.98. The fraction of sp³-hybridized carbons (Fsp3) is 0.725. The van der Waals surface area contributed by atoms with Gasteiger partial charge in [0.05, 0.1) is 52.6 Å². The van der Waals surface area contributed by atoms with Crippen molar-refractivity contribution in [1.29, 1.82) is 0 Å². The van der Waals surface area contributed by atoms with Crippen LogP contribution in [-0.4, -0.2) is 57.5 Å². The summed E-state index contributed by atoms with van der Waals surface area (Å²) in [6, 6.07) is 7.27. The van der Waals surface area contributed by atoms with Gasteiger partial charge < -0.3 is 18.7 Å². The molecule has 0 saturated carbocycles. The van der Waals surface area contributed by atoms with Crippen LogP contribution in [0.15, 0.2) is 24.3 Å². The van der Waals surface area contributed by atoms with E-state index in [1.165, 1.54) is 187 Å². The Hall–Kier alpha value is -2.86. The van der Waals surface area contributed by atoms with Crippen LogP contribution in [0.25, 0.3) is 0 Å². The van der Waals surface area contributed by atoms with E-state index in [0.717, 1.165) is 29.7 Å². The van der Waals surface area contributed by atoms with E-state index in [1.807, 2.05) is 12.1 Å². The lowest BCUT2D eigenvalue weighted by Gasteiger charge is -2.35. The molecule has 0 amide bonds. The second-order valence-corrected chi connectivity index (χ2v) is 17.5. The summed E-state index contributed by atoms with van der Waals surface area (Å²) in [4.78, 5) is 28.1. The van der Waals surface area contributed by atoms with E-state index in [4.69, 9.17) is 14.2 Å². The van der Waals surface area contributed by atoms with Crippen molar-refractivity contribution >= 4 is 11.6 Å². The number of rotatable bonds is 35. The molecular weight excluding hydrogens is 707 g/mol. The normalized spacial score (nSPS) is 12.5. The summed E-state index contributed by atoms with van der Waals surface area (Å²) < 4.78 is 17.8. The van der Waals surface area contributed by atoms with E-state index in [2.05, 4.69) is 20.9 Å². The quantitative estimate of drug-likeness (QED) is 0.0439. The lowest BCUT2D eigenvalue weighted by Crippen LogP contribution is -2.45. The summed E-state index contributed by atoms with van der Waals surface area (Å²) in [7, 11) is 7.06. The molecule has 2 aromatic carbocycles. The first-order valence-corrected chi connectivity index (χ1v) is 23.7. The molecule has 0 N–H and O–H groups in total. The molecule has 1 aliphatic carbocycles. The predicted molar refractivity (Wildman–Crippen MR) is 240 cm³/mol. The zero-order chi connectivity index (χ0) is 41.1. The van der Waals surface area contributed by atoms with Crippen LogP contribution in [-0.2, 0) is 6.54 Å². The van der Waals surface area contributed by atoms with Crippen molar-refractivity contribution in [1.82, 2.24) is 0 Å². The molecule has 0 unspecified atom stereocenters. The minimum absolute atomic E-state index is 0.190. The minimum atomic E-state index is -0.246. The van der Waals surface area contributed by atoms with Crippen LogP contribution in [0.3, 0.4) is 0 Å². The number of hydrogen-bond donors (Lipinski definition) is 0. The Morgan fingerprint density at radius 2 is 0.772 bits per heavy atom. The first-order valence-electron chi connectivity index (χ1n) is 23.7. The van der Waals surface area contributed by atoms with E-state index in [1.54, 1.807) is 26.4 Å². The molecule has 0 bridgehead atoms. The topological polar surface area (TPSA) is 61.8 Å². The molecule has 0 aromatic heterocycles. The smallest absolute Gasteiger partial charge is 0.201 e. The van der Waals surface area contributed by atoms with Gasteiger partial charge in [0.2, 0.25) is 5.78 Å². The van der Waals surface area contributed by atoms with Crippen LogP contribution in [0.2, 0.25) is 0 Å². The number of ether oxygens (including phenoxy) is 3. The summed E-state index contributed by atoms with van der Waals surface area (Å²) in [6.45, 7) is 7.60. The maximum Gasteiger partial charge on any atom is 0.201 e. The molecular formula is C51H84NO5+. The van der Waals surface area contributed by atoms with Gasteiger partial charge in [-0.2, -0.15) is 0 Å². The first-order chi connectivity index (χ1) is 27.8. The second-order valence-electron chi connectivity index (χ2n) is 17.5. The maximum absolute atomic E-state index is 14.1. The number of hydrogen-bond acceptors (Lipinski definition) is 5. The van der Waals surface area contributed by atoms with E-state index in [9.17, 15) is 9.59 Å². The van der Waals surface area contributed by atoms with Gasteiger partial charge >= 0.3 is 0 Å². The van der Waals surface area contributed by atoms with E-state index in [-0.39, 0.29) is 17.1 Å². The number of carbonyl (C=O) groups excluding carboxylic acids is 2. The highest BCUT2D eigenvalue weighted by atomic mass is 16.5. The van der Waals surface area contributed by atoms with Crippen molar-refractivity contribution < 1.29 is 28.3 Å². The molecule has 0 saturated heterocycles. The van der Waals surface area contributed by atoms with Crippen molar-refractivity contribution in [2.75, 3.05) is 41.5 Å². The molecule has 2 aromatic rings. The van der Waals surface area contributed by atoms with Gasteiger partial charge in [0, 0.05) is 22.8 Å². The van der Waals surface area contributed by atoms with Crippen LogP contribution >= 0.6 is 0 Å². The van der Waals surface area contributed by atoms with Gasteiger partial charge in [0.15, 0.2) is 5.78 Å². The number of unbranched alkanes of at least 4 members (excludes halogenated alkanes) is 26. The van der Waals surface area contributed by atoms with Crippen molar-refractivity contribution in [2.24, 2.45) is 0 Å². The molecule has 0 heterocycles. The summed E-state index contributed by atoms with van der Waals surface area (Å²) in [5.74, 6) is 0.854. The van der Waals surface area contributed by atoms with Gasteiger partial charge in [0.25, 0.3) is 0 Å². The van der Waals surface area contributed by atoms with Gasteiger partial charge in [-0.3, -0.25) is 9.59 Å². The molecule has 0 atom stereocenters. The molecule has 0 aliphatic heterocycles. The van der Waals surface area contributed by atoms with Crippen LogP contribution < -0.4 is 14.2 Å². The molecule has 0 radical (unpaired) electrons. The van der Waals surface area contributed by atoms with E-state index < -0.39 is 0 Å². The number of carbonyl (C=O) groups is 2. The third kappa shape index (κ3) is 17.1. The fourth-order valence-electron chi connectivity index (χ4n) is 8.98. The monoisotopic (exact) mass is 791 g/mol. The first kappa shape index (κ1) is 48.5. The number of fused-ring (bicyclic) bond motifs is 2. The Morgan fingerprint density at radius 3 is 1.14 bits per heavy atom. The molecule has 0 fully saturated rings. The summed E-state index contributed by atoms with van der Waals surface area (Å²) in [5.41, 5.74) is 2.39. The number of benzene rings is 2. The molecule has 3 rings (SSSR count). The third-order valence-corrected chi connectivity index (χ3v) is 12.5. The van der Waals surface area contributed by atoms with Crippen molar-refractivity contribution in [3.63, 3.8) is 0 Å². The molecule has 0 spiro atoms. The highest BCUT2D eigenvalue weighted by Gasteiger charge is 2.37. The summed E-state index contributed by atoms with van der Waals surface area (Å²) in [5, 5.41) is 0. The van der Waals surface area contributed by atoms with Crippen molar-refractivity contribution in [3.05, 3.63) is 52.1 Å². The average Bonchev–Trinajstić information content (AvgIpc) is 3.22. The number of methoxy groups -OCH3 is 3. The van der Waals surface area contributed by atoms with Gasteiger partial charge in [0.1, 0.15) is 23.8 Å². The molecule has 1 aliphatic rings. The standard InChI is InChI=1S/C51H84NO5/c1-7-9-11-13-15-17-19-21-23-25-27-29-31-33-35-52(3,36-34-32-30-28-26-24-22-20-18-16-14-12-10-8-2)41-42-37-44-48(46(38-42)56-5)51(54)49-45(50(44)53)39-43(55-4)40-47(49)57-6/h37-40H,7-36,41H2,1-6H3/q+1. The lowest BCUT2D eigenvalue weighted by molar-refractivity contribution is -0.923. The van der Waals surface area contributed by atoms with E-state index >= 15 is 0 Å². The highest BCUT2D eigenvalue weighted by Crippen LogP contribution is 2.40. The molecule has 322 valence electrons. The zero-order valence-electron chi connectivity index (χ0n) is 37.7. The molecule has 6 nitrogen and oxygen atoms in total. The van der Waals surface area contributed by atoms with Gasteiger partial charge in [-0.05, 0) is 43.9 Å². The van der Waals surface area contributed by atoms with Crippen LogP contribution in [0.4, 0.5) is 0 Å². The minimum Gasteiger partial charge on any atom is -0.497 e. The second kappa shape index (κ2) is 28.5. The van der Waals surface area contributed by atoms with Gasteiger partial charge in [-0.15, -0.1) is 0 Å². The Morgan fingerprint density at radius 1 is 0.421 bits per heavy atom. The zero-order valence-corrected chi connectivity index (χ0v) is 37.7. The van der Waals surface area contributed by atoms with Gasteiger partial charge in [-0.1, -0.05) is 168 Å². The Labute approximate surface area is 349 Å². The van der Waals surface area contributed by atoms with Crippen LogP contribution in [0, 0.1) is 0 Å². The summed E-state index contributed by atoms with van der Waals surface area (Å²) in [6.07, 6.45) is 38.1. The largest absolute Gasteiger partial charge is 0.497 e. The number of ketones is 2. The Bertz CT molecular complexity index is 1400. The number of nitrogens with zero attached hydrogens (tertiary/aromatic N) is 1. The van der Waals surface area contributed by atoms with Crippen molar-refractivity contribution in [2.45, 2.75) is 200 Å². The summed E-state index contributed by atoms with van der Waals surface area (Å²) >= 11 is 0. The third-order valence-electron chi connectivity index (χ3n) is 12.5. The van der Waals surface area contributed by atoms with Gasteiger partial charge in [-0.25, -0.2) is 0 Å². The van der Waals surface area contributed by atoms with Crippen LogP contribution in [0.5, 0.6) is 17.2 Å². The SMILES string of the molecule is CCCCCCCCCCCCCCCC[N+](C)(CCCCCCCCCCCCCCCC)Cc1cc(OC)c2c(c1)C(=O)c1cc(OC)cc(OC)c1C2=O. The van der Waals surface area contributed by atoms with E-state index in [0.29, 0.717) is 33.9 Å². The maximum atomic E-state index is 14.1. The molecule has 6 heteroatoms.